The van der Waals surface area contributed by atoms with E-state index >= 15 is 0 Å². The Labute approximate surface area is 64.8 Å². The molecule has 0 aromatic heterocycles. The van der Waals surface area contributed by atoms with E-state index in [1.54, 1.807) is 12.2 Å². The average molecular weight is 159 g/mol. The normalized spacial score (nSPS) is 10.1. The van der Waals surface area contributed by atoms with Gasteiger partial charge in [-0.2, -0.15) is 3.89 Å². The first-order valence-electron chi connectivity index (χ1n) is 2.70. The van der Waals surface area contributed by atoms with Gasteiger partial charge in [-0.3, -0.25) is 0 Å². The van der Waals surface area contributed by atoms with Crippen LogP contribution >= 0.6 is 12.1 Å². The van der Waals surface area contributed by atoms with E-state index < -0.39 is 0 Å². The Morgan fingerprint density at radius 3 is 2.50 bits per heavy atom. The van der Waals surface area contributed by atoms with Crippen LogP contribution in [0.4, 0.5) is 3.89 Å². The van der Waals surface area contributed by atoms with Crippen LogP contribution in [0.1, 0.15) is 0 Å². The lowest BCUT2D eigenvalue weighted by Gasteiger charge is -1.91. The van der Waals surface area contributed by atoms with E-state index in [1.807, 2.05) is 0 Å². The summed E-state index contributed by atoms with van der Waals surface area (Å²) in [5.41, 5.74) is 6.36. The van der Waals surface area contributed by atoms with Crippen LogP contribution < -0.4 is 5.73 Å². The van der Waals surface area contributed by atoms with Crippen LogP contribution in [0.5, 0.6) is 0 Å². The molecular formula is C7H10FNS. The second-order valence-electron chi connectivity index (χ2n) is 1.82. The van der Waals surface area contributed by atoms with Gasteiger partial charge in [0, 0.05) is 23.6 Å². The number of hydrogen-bond acceptors (Lipinski definition) is 2. The lowest BCUT2D eigenvalue weighted by atomic mass is 10.3. The van der Waals surface area contributed by atoms with Gasteiger partial charge in [0.15, 0.2) is 0 Å². The number of hydrogen-bond donors (Lipinski definition) is 1. The van der Waals surface area contributed by atoms with E-state index in [0.29, 0.717) is 11.3 Å². The molecule has 0 bridgehead atoms. The maximum atomic E-state index is 11.5. The van der Waals surface area contributed by atoms with Gasteiger partial charge in [0.2, 0.25) is 0 Å². The van der Waals surface area contributed by atoms with Gasteiger partial charge >= 0.3 is 0 Å². The molecule has 0 amide bonds. The zero-order valence-electron chi connectivity index (χ0n) is 5.64. The molecule has 1 nitrogen and oxygen atoms in total. The van der Waals surface area contributed by atoms with Crippen molar-refractivity contribution < 1.29 is 3.89 Å². The molecule has 0 atom stereocenters. The Kier molecular flexibility index (Phi) is 4.76. The molecule has 0 saturated carbocycles. The fourth-order valence-corrected chi connectivity index (χ4v) is 0.579. The topological polar surface area (TPSA) is 26.0 Å². The number of allylic oxidation sites excluding steroid dienone is 2. The predicted octanol–water partition coefficient (Wildman–Crippen LogP) is 2.19. The summed E-state index contributed by atoms with van der Waals surface area (Å²) in [7, 11) is 0. The van der Waals surface area contributed by atoms with Gasteiger partial charge in [0.25, 0.3) is 0 Å². The zero-order chi connectivity index (χ0) is 7.98. The predicted molar refractivity (Wildman–Crippen MR) is 45.2 cm³/mol. The van der Waals surface area contributed by atoms with Crippen molar-refractivity contribution in [3.05, 3.63) is 36.6 Å². The highest BCUT2D eigenvalue weighted by Gasteiger charge is 1.87. The lowest BCUT2D eigenvalue weighted by Crippen LogP contribution is -1.89. The van der Waals surface area contributed by atoms with E-state index in [4.69, 9.17) is 5.73 Å². The van der Waals surface area contributed by atoms with Crippen molar-refractivity contribution in [1.82, 2.24) is 0 Å². The maximum absolute atomic E-state index is 11.5. The van der Waals surface area contributed by atoms with Gasteiger partial charge < -0.3 is 5.73 Å². The highest BCUT2D eigenvalue weighted by atomic mass is 32.2. The van der Waals surface area contributed by atoms with Crippen LogP contribution in [0.25, 0.3) is 0 Å². The third-order valence-electron chi connectivity index (χ3n) is 0.773. The highest BCUT2D eigenvalue weighted by molar-refractivity contribution is 7.94. The molecule has 0 aliphatic rings. The van der Waals surface area contributed by atoms with Crippen molar-refractivity contribution in [3.63, 3.8) is 0 Å². The van der Waals surface area contributed by atoms with Crippen LogP contribution in [-0.4, -0.2) is 5.75 Å². The standard InChI is InChI=1S/C7H10FNS/c1-6(5-10-8)3-4-7(2)9/h3-4H,1-2,5,9H2/b4-3-. The Morgan fingerprint density at radius 1 is 1.50 bits per heavy atom. The van der Waals surface area contributed by atoms with Crippen molar-refractivity contribution in [2.45, 2.75) is 0 Å². The second-order valence-corrected chi connectivity index (χ2v) is 2.33. The summed E-state index contributed by atoms with van der Waals surface area (Å²) >= 11 is 0.240. The first-order chi connectivity index (χ1) is 4.66. The number of halogens is 1. The van der Waals surface area contributed by atoms with Gasteiger partial charge in [-0.05, 0) is 11.6 Å². The third-order valence-corrected chi connectivity index (χ3v) is 1.25. The summed E-state index contributed by atoms with van der Waals surface area (Å²) in [5, 5.41) is 0. The van der Waals surface area contributed by atoms with Gasteiger partial charge in [-0.25, -0.2) is 0 Å². The number of nitrogens with two attached hydrogens (primary N) is 1. The van der Waals surface area contributed by atoms with Crippen LogP contribution in [0, 0.1) is 0 Å². The molecule has 0 rings (SSSR count). The molecule has 0 aromatic rings. The molecule has 0 aliphatic carbocycles. The van der Waals surface area contributed by atoms with E-state index in [9.17, 15) is 3.89 Å². The van der Waals surface area contributed by atoms with Crippen molar-refractivity contribution in [2.24, 2.45) is 5.73 Å². The third kappa shape index (κ3) is 5.44. The minimum absolute atomic E-state index is 0.240. The van der Waals surface area contributed by atoms with Crippen LogP contribution in [-0.2, 0) is 0 Å². The first kappa shape index (κ1) is 9.30. The van der Waals surface area contributed by atoms with Gasteiger partial charge in [0.1, 0.15) is 0 Å². The molecule has 0 saturated heterocycles. The highest BCUT2D eigenvalue weighted by Crippen LogP contribution is 2.07. The van der Waals surface area contributed by atoms with Crippen LogP contribution in [0.15, 0.2) is 36.6 Å². The quantitative estimate of drug-likeness (QED) is 0.636. The summed E-state index contributed by atoms with van der Waals surface area (Å²) in [6.07, 6.45) is 3.24. The molecule has 0 aromatic carbocycles. The minimum Gasteiger partial charge on any atom is -0.399 e. The molecule has 10 heavy (non-hydrogen) atoms. The minimum atomic E-state index is 0.240. The maximum Gasteiger partial charge on any atom is 0.0495 e. The lowest BCUT2D eigenvalue weighted by molar-refractivity contribution is 0.938. The summed E-state index contributed by atoms with van der Waals surface area (Å²) < 4.78 is 11.5. The monoisotopic (exact) mass is 159 g/mol. The zero-order valence-corrected chi connectivity index (χ0v) is 6.46. The van der Waals surface area contributed by atoms with Crippen LogP contribution in [0.2, 0.25) is 0 Å². The Hall–Kier alpha value is -0.700. The first-order valence-corrected chi connectivity index (χ1v) is 3.59. The van der Waals surface area contributed by atoms with Crippen molar-refractivity contribution >= 4 is 12.1 Å². The van der Waals surface area contributed by atoms with Gasteiger partial charge in [0.05, 0.1) is 0 Å². The summed E-state index contributed by atoms with van der Waals surface area (Å²) in [6, 6.07) is 0. The summed E-state index contributed by atoms with van der Waals surface area (Å²) in [5.74, 6) is 0.282. The molecule has 56 valence electrons. The molecule has 0 heterocycles. The molecule has 2 N–H and O–H groups in total. The Bertz CT molecular complexity index is 163. The van der Waals surface area contributed by atoms with E-state index in [-0.39, 0.29) is 17.9 Å². The Balaban J connectivity index is 3.67. The smallest absolute Gasteiger partial charge is 0.0495 e. The van der Waals surface area contributed by atoms with Crippen LogP contribution in [0.3, 0.4) is 0 Å². The van der Waals surface area contributed by atoms with E-state index in [2.05, 4.69) is 13.2 Å². The molecule has 0 fully saturated rings. The molecular weight excluding hydrogens is 149 g/mol. The largest absolute Gasteiger partial charge is 0.399 e. The van der Waals surface area contributed by atoms with Crippen molar-refractivity contribution in [3.8, 4) is 0 Å². The summed E-state index contributed by atoms with van der Waals surface area (Å²) in [6.45, 7) is 7.01. The molecule has 0 unspecified atom stereocenters. The van der Waals surface area contributed by atoms with Gasteiger partial charge in [-0.1, -0.05) is 19.2 Å². The molecule has 0 spiro atoms. The number of rotatable bonds is 4. The van der Waals surface area contributed by atoms with Crippen molar-refractivity contribution in [1.29, 1.82) is 0 Å². The SMILES string of the molecule is C=C(N)/C=C\C(=C)CSF. The van der Waals surface area contributed by atoms with Crippen molar-refractivity contribution in [2.75, 3.05) is 5.75 Å². The summed E-state index contributed by atoms with van der Waals surface area (Å²) in [4.78, 5) is 0. The molecule has 0 aliphatic heterocycles. The fourth-order valence-electron chi connectivity index (χ4n) is 0.343. The fraction of sp³-hybridized carbons (Fsp3) is 0.143. The van der Waals surface area contributed by atoms with Gasteiger partial charge in [-0.15, -0.1) is 0 Å². The molecule has 3 heteroatoms. The average Bonchev–Trinajstić information content (AvgIpc) is 1.85. The van der Waals surface area contributed by atoms with E-state index in [1.165, 1.54) is 0 Å². The van der Waals surface area contributed by atoms with E-state index in [0.717, 1.165) is 0 Å². The molecule has 0 radical (unpaired) electrons. The second kappa shape index (κ2) is 5.11. The Morgan fingerprint density at radius 2 is 2.10 bits per heavy atom.